The van der Waals surface area contributed by atoms with Crippen molar-refractivity contribution in [1.82, 2.24) is 14.5 Å². The molecule has 1 atom stereocenters. The Balaban J connectivity index is 2.36. The summed E-state index contributed by atoms with van der Waals surface area (Å²) in [6.07, 6.45) is 1.63. The monoisotopic (exact) mass is 277 g/mol. The summed E-state index contributed by atoms with van der Waals surface area (Å²) in [6, 6.07) is 0.783. The van der Waals surface area contributed by atoms with Gasteiger partial charge in [0.15, 0.2) is 0 Å². The van der Waals surface area contributed by atoms with Gasteiger partial charge in [-0.2, -0.15) is 0 Å². The number of nitrogens with one attached hydrogen (secondary N) is 1. The Labute approximate surface area is 112 Å². The van der Waals surface area contributed by atoms with Gasteiger partial charge >= 0.3 is 0 Å². The standard InChI is InChI=1S/C12H27N3O2S/c1-11(2)13-7-5-9-18(16,17)15-8-6-12(10-15)14(3)4/h11-13H,5-10H2,1-4H3. The molecule has 0 radical (unpaired) electrons. The molecule has 1 rings (SSSR count). The van der Waals surface area contributed by atoms with Crippen LogP contribution in [0.2, 0.25) is 0 Å². The maximum atomic E-state index is 12.1. The highest BCUT2D eigenvalue weighted by atomic mass is 32.2. The van der Waals surface area contributed by atoms with Crippen molar-refractivity contribution in [3.63, 3.8) is 0 Å². The lowest BCUT2D eigenvalue weighted by Gasteiger charge is -2.20. The van der Waals surface area contributed by atoms with Crippen molar-refractivity contribution in [2.45, 2.75) is 38.8 Å². The fourth-order valence-electron chi connectivity index (χ4n) is 2.16. The van der Waals surface area contributed by atoms with Gasteiger partial charge in [0.05, 0.1) is 5.75 Å². The minimum Gasteiger partial charge on any atom is -0.314 e. The maximum Gasteiger partial charge on any atom is 0.214 e. The van der Waals surface area contributed by atoms with Crippen LogP contribution < -0.4 is 5.32 Å². The number of hydrogen-bond acceptors (Lipinski definition) is 4. The normalized spacial score (nSPS) is 22.2. The van der Waals surface area contributed by atoms with Crippen molar-refractivity contribution < 1.29 is 8.42 Å². The Bertz CT molecular complexity index is 341. The predicted molar refractivity (Wildman–Crippen MR) is 75.2 cm³/mol. The van der Waals surface area contributed by atoms with E-state index in [-0.39, 0.29) is 5.75 Å². The fourth-order valence-corrected chi connectivity index (χ4v) is 3.71. The highest BCUT2D eigenvalue weighted by Gasteiger charge is 2.31. The largest absolute Gasteiger partial charge is 0.314 e. The lowest BCUT2D eigenvalue weighted by molar-refractivity contribution is 0.302. The van der Waals surface area contributed by atoms with Gasteiger partial charge in [-0.1, -0.05) is 13.8 Å². The summed E-state index contributed by atoms with van der Waals surface area (Å²) in [5, 5.41) is 3.24. The molecule has 0 bridgehead atoms. The molecule has 1 heterocycles. The molecule has 1 saturated heterocycles. The SMILES string of the molecule is CC(C)NCCCS(=O)(=O)N1CCC(N(C)C)C1. The second-order valence-corrected chi connectivity index (χ2v) is 7.63. The molecule has 6 heteroatoms. The van der Waals surface area contributed by atoms with Gasteiger partial charge in [-0.05, 0) is 33.5 Å². The van der Waals surface area contributed by atoms with E-state index in [0.29, 0.717) is 31.6 Å². The summed E-state index contributed by atoms with van der Waals surface area (Å²) in [7, 11) is 0.957. The molecule has 0 aliphatic carbocycles. The van der Waals surface area contributed by atoms with Crippen LogP contribution in [0, 0.1) is 0 Å². The molecular formula is C12H27N3O2S. The first kappa shape index (κ1) is 15.9. The van der Waals surface area contributed by atoms with Crippen LogP contribution in [-0.2, 0) is 10.0 Å². The van der Waals surface area contributed by atoms with E-state index in [4.69, 9.17) is 0 Å². The zero-order valence-corrected chi connectivity index (χ0v) is 12.8. The van der Waals surface area contributed by atoms with Crippen LogP contribution in [0.5, 0.6) is 0 Å². The lowest BCUT2D eigenvalue weighted by atomic mass is 10.2. The third-order valence-electron chi connectivity index (χ3n) is 3.38. The first-order chi connectivity index (χ1) is 8.33. The molecule has 18 heavy (non-hydrogen) atoms. The van der Waals surface area contributed by atoms with Gasteiger partial charge in [-0.15, -0.1) is 0 Å². The molecule has 1 aliphatic heterocycles. The van der Waals surface area contributed by atoms with Gasteiger partial charge in [0.25, 0.3) is 0 Å². The summed E-state index contributed by atoms with van der Waals surface area (Å²) >= 11 is 0. The zero-order chi connectivity index (χ0) is 13.8. The average molecular weight is 277 g/mol. The first-order valence-electron chi connectivity index (χ1n) is 6.70. The molecule has 1 fully saturated rings. The molecule has 0 spiro atoms. The average Bonchev–Trinajstić information content (AvgIpc) is 2.74. The second-order valence-electron chi connectivity index (χ2n) is 5.54. The van der Waals surface area contributed by atoms with E-state index in [1.165, 1.54) is 0 Å². The molecule has 1 aliphatic rings. The lowest BCUT2D eigenvalue weighted by Crippen LogP contribution is -2.36. The Hall–Kier alpha value is -0.170. The molecule has 0 amide bonds. The van der Waals surface area contributed by atoms with E-state index in [9.17, 15) is 8.42 Å². The van der Waals surface area contributed by atoms with E-state index in [1.807, 2.05) is 14.1 Å². The highest BCUT2D eigenvalue weighted by Crippen LogP contribution is 2.17. The molecule has 1 unspecified atom stereocenters. The van der Waals surface area contributed by atoms with E-state index in [2.05, 4.69) is 24.1 Å². The van der Waals surface area contributed by atoms with Crippen LogP contribution in [0.3, 0.4) is 0 Å². The van der Waals surface area contributed by atoms with Gasteiger partial charge in [-0.25, -0.2) is 12.7 Å². The number of rotatable bonds is 7. The summed E-state index contributed by atoms with van der Waals surface area (Å²) in [4.78, 5) is 2.11. The molecule has 5 nitrogen and oxygen atoms in total. The van der Waals surface area contributed by atoms with Crippen molar-refractivity contribution >= 4 is 10.0 Å². The Morgan fingerprint density at radius 2 is 2.06 bits per heavy atom. The smallest absolute Gasteiger partial charge is 0.214 e. The van der Waals surface area contributed by atoms with Crippen molar-refractivity contribution in [1.29, 1.82) is 0 Å². The number of sulfonamides is 1. The molecule has 0 aromatic rings. The topological polar surface area (TPSA) is 52.7 Å². The quantitative estimate of drug-likeness (QED) is 0.682. The highest BCUT2D eigenvalue weighted by molar-refractivity contribution is 7.89. The van der Waals surface area contributed by atoms with Crippen molar-refractivity contribution in [3.8, 4) is 0 Å². The molecule has 0 saturated carbocycles. The van der Waals surface area contributed by atoms with Crippen LogP contribution in [0.25, 0.3) is 0 Å². The number of likely N-dealkylation sites (N-methyl/N-ethyl adjacent to an activating group) is 1. The zero-order valence-electron chi connectivity index (χ0n) is 12.0. The number of hydrogen-bond donors (Lipinski definition) is 1. The Morgan fingerprint density at radius 3 is 2.56 bits per heavy atom. The molecule has 0 aromatic heterocycles. The van der Waals surface area contributed by atoms with Gasteiger partial charge in [-0.3, -0.25) is 0 Å². The van der Waals surface area contributed by atoms with Gasteiger partial charge in [0.1, 0.15) is 0 Å². The van der Waals surface area contributed by atoms with Gasteiger partial charge < -0.3 is 10.2 Å². The predicted octanol–water partition coefficient (Wildman–Crippen LogP) is 0.340. The molecule has 108 valence electrons. The van der Waals surface area contributed by atoms with Gasteiger partial charge in [0.2, 0.25) is 10.0 Å². The minimum atomic E-state index is -3.06. The third kappa shape index (κ3) is 4.84. The Morgan fingerprint density at radius 1 is 1.39 bits per heavy atom. The van der Waals surface area contributed by atoms with E-state index >= 15 is 0 Å². The fraction of sp³-hybridized carbons (Fsp3) is 1.00. The van der Waals surface area contributed by atoms with Crippen molar-refractivity contribution in [3.05, 3.63) is 0 Å². The van der Waals surface area contributed by atoms with E-state index < -0.39 is 10.0 Å². The van der Waals surface area contributed by atoms with Crippen molar-refractivity contribution in [2.24, 2.45) is 0 Å². The summed E-state index contributed by atoms with van der Waals surface area (Å²) < 4.78 is 25.9. The van der Waals surface area contributed by atoms with Crippen molar-refractivity contribution in [2.75, 3.05) is 39.5 Å². The maximum absolute atomic E-state index is 12.1. The Kier molecular flexibility index (Phi) is 6.04. The summed E-state index contributed by atoms with van der Waals surface area (Å²) in [5.41, 5.74) is 0. The summed E-state index contributed by atoms with van der Waals surface area (Å²) in [6.45, 7) is 6.21. The van der Waals surface area contributed by atoms with Gasteiger partial charge in [0, 0.05) is 25.2 Å². The van der Waals surface area contributed by atoms with Crippen LogP contribution in [0.15, 0.2) is 0 Å². The summed E-state index contributed by atoms with van der Waals surface area (Å²) in [5.74, 6) is 0.257. The molecular weight excluding hydrogens is 250 g/mol. The van der Waals surface area contributed by atoms with Crippen LogP contribution >= 0.6 is 0 Å². The van der Waals surface area contributed by atoms with Crippen LogP contribution in [0.4, 0.5) is 0 Å². The third-order valence-corrected chi connectivity index (χ3v) is 5.30. The molecule has 1 N–H and O–H groups in total. The number of nitrogens with zero attached hydrogens (tertiary/aromatic N) is 2. The van der Waals surface area contributed by atoms with E-state index in [0.717, 1.165) is 13.0 Å². The van der Waals surface area contributed by atoms with Crippen LogP contribution in [0.1, 0.15) is 26.7 Å². The van der Waals surface area contributed by atoms with E-state index in [1.54, 1.807) is 4.31 Å². The minimum absolute atomic E-state index is 0.257. The first-order valence-corrected chi connectivity index (χ1v) is 8.31. The molecule has 0 aromatic carbocycles. The second kappa shape index (κ2) is 6.84. The van der Waals surface area contributed by atoms with Crippen LogP contribution in [-0.4, -0.2) is 69.2 Å².